The third-order valence-electron chi connectivity index (χ3n) is 2.47. The molecule has 2 rings (SSSR count). The standard InChI is InChI=1S/C9H12IN3O/c1-9(6-14)4-13(5-9)8-3-2-7(10)11-12-8/h2-3,14H,4-6H2,1H3. The van der Waals surface area contributed by atoms with Gasteiger partial charge in [0.05, 0.1) is 6.61 Å². The lowest BCUT2D eigenvalue weighted by atomic mass is 9.83. The Labute approximate surface area is 96.5 Å². The highest BCUT2D eigenvalue weighted by Crippen LogP contribution is 2.32. The summed E-state index contributed by atoms with van der Waals surface area (Å²) in [6, 6.07) is 3.91. The molecule has 0 radical (unpaired) electrons. The summed E-state index contributed by atoms with van der Waals surface area (Å²) in [5, 5.41) is 17.2. The summed E-state index contributed by atoms with van der Waals surface area (Å²) >= 11 is 2.13. The molecule has 1 N–H and O–H groups in total. The fraction of sp³-hybridized carbons (Fsp3) is 0.556. The molecule has 0 aliphatic carbocycles. The van der Waals surface area contributed by atoms with Gasteiger partial charge in [-0.15, -0.1) is 10.2 Å². The first-order valence-corrected chi connectivity index (χ1v) is 5.56. The Morgan fingerprint density at radius 3 is 2.71 bits per heavy atom. The van der Waals surface area contributed by atoms with E-state index >= 15 is 0 Å². The summed E-state index contributed by atoms with van der Waals surface area (Å²) < 4.78 is 0.900. The van der Waals surface area contributed by atoms with Gasteiger partial charge in [0.15, 0.2) is 5.82 Å². The van der Waals surface area contributed by atoms with Crippen LogP contribution in [0.2, 0.25) is 0 Å². The molecule has 1 aliphatic rings. The Hall–Kier alpha value is -0.430. The van der Waals surface area contributed by atoms with Gasteiger partial charge in [0, 0.05) is 18.5 Å². The first kappa shape index (κ1) is 10.1. The average molecular weight is 305 g/mol. The quantitative estimate of drug-likeness (QED) is 0.825. The molecular weight excluding hydrogens is 293 g/mol. The highest BCUT2D eigenvalue weighted by atomic mass is 127. The Kier molecular flexibility index (Phi) is 2.61. The van der Waals surface area contributed by atoms with E-state index in [0.717, 1.165) is 22.6 Å². The predicted octanol–water partition coefficient (Wildman–Crippen LogP) is 0.900. The number of aliphatic hydroxyl groups excluding tert-OH is 1. The molecule has 0 saturated carbocycles. The van der Waals surface area contributed by atoms with Crippen molar-refractivity contribution in [3.05, 3.63) is 15.8 Å². The maximum Gasteiger partial charge on any atom is 0.151 e. The van der Waals surface area contributed by atoms with Crippen molar-refractivity contribution < 1.29 is 5.11 Å². The number of nitrogens with zero attached hydrogens (tertiary/aromatic N) is 3. The van der Waals surface area contributed by atoms with E-state index in [1.807, 2.05) is 12.1 Å². The van der Waals surface area contributed by atoms with Gasteiger partial charge in [0.2, 0.25) is 0 Å². The van der Waals surface area contributed by atoms with Crippen LogP contribution in [0.1, 0.15) is 6.92 Å². The maximum atomic E-state index is 9.09. The number of hydrogen-bond donors (Lipinski definition) is 1. The zero-order chi connectivity index (χ0) is 10.2. The van der Waals surface area contributed by atoms with Gasteiger partial charge in [-0.3, -0.25) is 0 Å². The van der Waals surface area contributed by atoms with Crippen molar-refractivity contribution in [2.45, 2.75) is 6.92 Å². The van der Waals surface area contributed by atoms with Crippen molar-refractivity contribution in [2.24, 2.45) is 5.41 Å². The number of hydrogen-bond acceptors (Lipinski definition) is 4. The van der Waals surface area contributed by atoms with Crippen LogP contribution in [0.5, 0.6) is 0 Å². The minimum atomic E-state index is 0.0463. The normalized spacial score (nSPS) is 19.2. The molecule has 0 unspecified atom stereocenters. The van der Waals surface area contributed by atoms with Gasteiger partial charge < -0.3 is 10.0 Å². The molecule has 1 fully saturated rings. The van der Waals surface area contributed by atoms with Crippen LogP contribution in [-0.2, 0) is 0 Å². The molecule has 0 amide bonds. The van der Waals surface area contributed by atoms with Gasteiger partial charge in [0.25, 0.3) is 0 Å². The van der Waals surface area contributed by atoms with Gasteiger partial charge in [-0.1, -0.05) is 6.92 Å². The van der Waals surface area contributed by atoms with Crippen molar-refractivity contribution in [2.75, 3.05) is 24.6 Å². The van der Waals surface area contributed by atoms with Gasteiger partial charge in [-0.05, 0) is 34.7 Å². The van der Waals surface area contributed by atoms with E-state index in [2.05, 4.69) is 44.6 Å². The van der Waals surface area contributed by atoms with Crippen LogP contribution >= 0.6 is 22.6 Å². The Balaban J connectivity index is 2.03. The van der Waals surface area contributed by atoms with Crippen molar-refractivity contribution in [1.82, 2.24) is 10.2 Å². The number of halogens is 1. The van der Waals surface area contributed by atoms with E-state index in [0.29, 0.717) is 0 Å². The largest absolute Gasteiger partial charge is 0.396 e. The second kappa shape index (κ2) is 3.62. The van der Waals surface area contributed by atoms with Crippen LogP contribution in [0.15, 0.2) is 12.1 Å². The monoisotopic (exact) mass is 305 g/mol. The fourth-order valence-corrected chi connectivity index (χ4v) is 1.90. The topological polar surface area (TPSA) is 49.2 Å². The molecule has 76 valence electrons. The number of rotatable bonds is 2. The molecular formula is C9H12IN3O. The molecule has 0 spiro atoms. The third kappa shape index (κ3) is 1.83. The van der Waals surface area contributed by atoms with Crippen LogP contribution in [0, 0.1) is 9.12 Å². The van der Waals surface area contributed by atoms with Crippen LogP contribution in [0.25, 0.3) is 0 Å². The van der Waals surface area contributed by atoms with E-state index in [9.17, 15) is 0 Å². The summed E-state index contributed by atoms with van der Waals surface area (Å²) in [7, 11) is 0. The summed E-state index contributed by atoms with van der Waals surface area (Å²) in [6.45, 7) is 4.03. The number of aliphatic hydroxyl groups is 1. The first-order chi connectivity index (χ1) is 6.63. The molecule has 5 heteroatoms. The lowest BCUT2D eigenvalue weighted by Gasteiger charge is -2.47. The Morgan fingerprint density at radius 1 is 1.50 bits per heavy atom. The smallest absolute Gasteiger partial charge is 0.151 e. The molecule has 4 nitrogen and oxygen atoms in total. The third-order valence-corrected chi connectivity index (χ3v) is 3.04. The number of anilines is 1. The second-order valence-electron chi connectivity index (χ2n) is 4.04. The van der Waals surface area contributed by atoms with Gasteiger partial charge in [0.1, 0.15) is 3.70 Å². The average Bonchev–Trinajstić information content (AvgIpc) is 2.15. The van der Waals surface area contributed by atoms with Gasteiger partial charge in [-0.2, -0.15) is 0 Å². The van der Waals surface area contributed by atoms with Gasteiger partial charge in [-0.25, -0.2) is 0 Å². The van der Waals surface area contributed by atoms with Crippen molar-refractivity contribution in [1.29, 1.82) is 0 Å². The number of aromatic nitrogens is 2. The maximum absolute atomic E-state index is 9.09. The van der Waals surface area contributed by atoms with E-state index in [1.54, 1.807) is 0 Å². The van der Waals surface area contributed by atoms with Crippen molar-refractivity contribution in [3.8, 4) is 0 Å². The minimum Gasteiger partial charge on any atom is -0.396 e. The summed E-state index contributed by atoms with van der Waals surface area (Å²) in [5.74, 6) is 0.899. The second-order valence-corrected chi connectivity index (χ2v) is 5.14. The molecule has 1 aromatic rings. The van der Waals surface area contributed by atoms with Crippen LogP contribution < -0.4 is 4.90 Å². The van der Waals surface area contributed by atoms with Crippen LogP contribution in [0.3, 0.4) is 0 Å². The van der Waals surface area contributed by atoms with E-state index < -0.39 is 0 Å². The van der Waals surface area contributed by atoms with E-state index in [1.165, 1.54) is 0 Å². The van der Waals surface area contributed by atoms with Gasteiger partial charge >= 0.3 is 0 Å². The molecule has 2 heterocycles. The fourth-order valence-electron chi connectivity index (χ4n) is 1.61. The van der Waals surface area contributed by atoms with E-state index in [-0.39, 0.29) is 12.0 Å². The summed E-state index contributed by atoms with van der Waals surface area (Å²) in [4.78, 5) is 2.12. The van der Waals surface area contributed by atoms with Crippen molar-refractivity contribution >= 4 is 28.4 Å². The molecule has 1 aromatic heterocycles. The Morgan fingerprint density at radius 2 is 2.21 bits per heavy atom. The molecule has 1 aliphatic heterocycles. The molecule has 14 heavy (non-hydrogen) atoms. The van der Waals surface area contributed by atoms with Crippen LogP contribution in [0.4, 0.5) is 5.82 Å². The summed E-state index contributed by atoms with van der Waals surface area (Å²) in [5.41, 5.74) is 0.0463. The highest BCUT2D eigenvalue weighted by molar-refractivity contribution is 14.1. The first-order valence-electron chi connectivity index (χ1n) is 4.48. The zero-order valence-corrected chi connectivity index (χ0v) is 10.1. The predicted molar refractivity (Wildman–Crippen MR) is 62.2 cm³/mol. The zero-order valence-electron chi connectivity index (χ0n) is 7.94. The minimum absolute atomic E-state index is 0.0463. The molecule has 0 bridgehead atoms. The molecule has 0 atom stereocenters. The molecule has 1 saturated heterocycles. The van der Waals surface area contributed by atoms with E-state index in [4.69, 9.17) is 5.11 Å². The molecule has 0 aromatic carbocycles. The lowest BCUT2D eigenvalue weighted by Crippen LogP contribution is -2.57. The Bertz CT molecular complexity index is 321. The lowest BCUT2D eigenvalue weighted by molar-refractivity contribution is 0.110. The SMILES string of the molecule is CC1(CO)CN(c2ccc(I)nn2)C1. The van der Waals surface area contributed by atoms with Crippen LogP contribution in [-0.4, -0.2) is 35.0 Å². The highest BCUT2D eigenvalue weighted by Gasteiger charge is 2.38. The summed E-state index contributed by atoms with van der Waals surface area (Å²) in [6.07, 6.45) is 0. The van der Waals surface area contributed by atoms with Crippen molar-refractivity contribution in [3.63, 3.8) is 0 Å².